The maximum atomic E-state index is 10.4. The van der Waals surface area contributed by atoms with E-state index in [2.05, 4.69) is 5.32 Å². The van der Waals surface area contributed by atoms with E-state index in [4.69, 9.17) is 10.5 Å². The summed E-state index contributed by atoms with van der Waals surface area (Å²) >= 11 is 0. The fraction of sp³-hybridized carbons (Fsp3) is 0.800. The minimum atomic E-state index is -0.418. The third-order valence-electron chi connectivity index (χ3n) is 1.24. The molecule has 1 amide bonds. The van der Waals surface area contributed by atoms with E-state index in [1.54, 1.807) is 0 Å². The smallest absolute Gasteiger partial charge is 0.247 e. The molecule has 1 aliphatic rings. The van der Waals surface area contributed by atoms with Gasteiger partial charge in [-0.2, -0.15) is 0 Å². The molecule has 52 valence electrons. The molecule has 1 rings (SSSR count). The molecule has 0 aromatic rings. The normalized spacial score (nSPS) is 27.8. The Balaban J connectivity index is 2.31. The van der Waals surface area contributed by atoms with Crippen LogP contribution >= 0.6 is 0 Å². The van der Waals surface area contributed by atoms with Gasteiger partial charge in [-0.25, -0.2) is 0 Å². The maximum Gasteiger partial charge on any atom is 0.247 e. The van der Waals surface area contributed by atoms with E-state index >= 15 is 0 Å². The van der Waals surface area contributed by atoms with Crippen LogP contribution in [0.1, 0.15) is 0 Å². The Morgan fingerprint density at radius 2 is 2.56 bits per heavy atom. The number of carbonyl (C=O) groups is 1. The molecule has 0 aliphatic carbocycles. The van der Waals surface area contributed by atoms with Gasteiger partial charge in [-0.3, -0.25) is 4.79 Å². The number of carbonyl (C=O) groups excluding carboxylic acids is 1. The van der Waals surface area contributed by atoms with Gasteiger partial charge < -0.3 is 15.8 Å². The lowest BCUT2D eigenvalue weighted by molar-refractivity contribution is -0.130. The summed E-state index contributed by atoms with van der Waals surface area (Å²) in [5, 5.41) is 2.99. The average Bonchev–Trinajstić information content (AvgIpc) is 1.90. The predicted octanol–water partition coefficient (Wildman–Crippen LogP) is -1.54. The molecule has 0 bridgehead atoms. The quantitative estimate of drug-likeness (QED) is 0.452. The largest absolute Gasteiger partial charge is 0.367 e. The lowest BCUT2D eigenvalue weighted by atomic mass is 10.3. The van der Waals surface area contributed by atoms with Gasteiger partial charge in [-0.1, -0.05) is 0 Å². The molecular weight excluding hydrogens is 120 g/mol. The Morgan fingerprint density at radius 1 is 1.78 bits per heavy atom. The molecule has 1 atom stereocenters. The van der Waals surface area contributed by atoms with E-state index in [1.165, 1.54) is 0 Å². The molecule has 0 unspecified atom stereocenters. The summed E-state index contributed by atoms with van der Waals surface area (Å²) in [6.45, 7) is 1.94. The molecule has 4 nitrogen and oxygen atoms in total. The summed E-state index contributed by atoms with van der Waals surface area (Å²) in [6, 6.07) is 0. The second-order valence-electron chi connectivity index (χ2n) is 1.97. The van der Waals surface area contributed by atoms with Crippen molar-refractivity contribution in [1.82, 2.24) is 5.32 Å². The van der Waals surface area contributed by atoms with Crippen LogP contribution < -0.4 is 11.1 Å². The summed E-state index contributed by atoms with van der Waals surface area (Å²) in [7, 11) is 0. The van der Waals surface area contributed by atoms with Crippen LogP contribution in [0.15, 0.2) is 0 Å². The molecule has 1 heterocycles. The summed E-state index contributed by atoms with van der Waals surface area (Å²) in [4.78, 5) is 10.4. The minimum Gasteiger partial charge on any atom is -0.367 e. The molecule has 1 fully saturated rings. The Labute approximate surface area is 53.4 Å². The second kappa shape index (κ2) is 2.80. The highest BCUT2D eigenvalue weighted by Gasteiger charge is 2.17. The summed E-state index contributed by atoms with van der Waals surface area (Å²) < 4.78 is 5.00. The first kappa shape index (κ1) is 6.51. The number of hydrogen-bond acceptors (Lipinski definition) is 3. The van der Waals surface area contributed by atoms with Crippen LogP contribution in [0.25, 0.3) is 0 Å². The minimum absolute atomic E-state index is 0.387. The average molecular weight is 130 g/mol. The molecule has 0 spiro atoms. The molecule has 9 heavy (non-hydrogen) atoms. The standard InChI is InChI=1S/C5H10N2O2/c6-5(8)4-3-7-1-2-9-4/h4,7H,1-3H2,(H2,6,8)/t4-/m1/s1. The van der Waals surface area contributed by atoms with Crippen molar-refractivity contribution in [2.45, 2.75) is 6.10 Å². The van der Waals surface area contributed by atoms with Crippen molar-refractivity contribution in [2.24, 2.45) is 5.73 Å². The van der Waals surface area contributed by atoms with Crippen LogP contribution in [0.2, 0.25) is 0 Å². The number of rotatable bonds is 1. The van der Waals surface area contributed by atoms with Gasteiger partial charge in [0.1, 0.15) is 6.10 Å². The zero-order chi connectivity index (χ0) is 6.69. The first-order valence-corrected chi connectivity index (χ1v) is 2.92. The van der Waals surface area contributed by atoms with Gasteiger partial charge in [-0.15, -0.1) is 0 Å². The number of amides is 1. The van der Waals surface area contributed by atoms with E-state index in [0.29, 0.717) is 13.2 Å². The number of nitrogens with two attached hydrogens (primary N) is 1. The van der Waals surface area contributed by atoms with Gasteiger partial charge in [0, 0.05) is 13.1 Å². The lowest BCUT2D eigenvalue weighted by Crippen LogP contribution is -2.45. The van der Waals surface area contributed by atoms with Gasteiger partial charge in [0.05, 0.1) is 6.61 Å². The maximum absolute atomic E-state index is 10.4. The molecule has 0 radical (unpaired) electrons. The topological polar surface area (TPSA) is 64.4 Å². The Hall–Kier alpha value is -0.610. The van der Waals surface area contributed by atoms with Gasteiger partial charge in [0.2, 0.25) is 5.91 Å². The van der Waals surface area contributed by atoms with Gasteiger partial charge in [0.15, 0.2) is 0 Å². The molecule has 3 N–H and O–H groups in total. The highest BCUT2D eigenvalue weighted by Crippen LogP contribution is 1.92. The van der Waals surface area contributed by atoms with E-state index < -0.39 is 6.10 Å². The van der Waals surface area contributed by atoms with Crippen molar-refractivity contribution < 1.29 is 9.53 Å². The van der Waals surface area contributed by atoms with Crippen LogP contribution in [0.4, 0.5) is 0 Å². The fourth-order valence-corrected chi connectivity index (χ4v) is 0.748. The number of hydrogen-bond donors (Lipinski definition) is 2. The highest BCUT2D eigenvalue weighted by molar-refractivity contribution is 5.79. The number of nitrogens with one attached hydrogen (secondary N) is 1. The molecular formula is C5H10N2O2. The monoisotopic (exact) mass is 130 g/mol. The third kappa shape index (κ3) is 1.65. The van der Waals surface area contributed by atoms with Crippen molar-refractivity contribution in [3.8, 4) is 0 Å². The van der Waals surface area contributed by atoms with Crippen molar-refractivity contribution in [2.75, 3.05) is 19.7 Å². The van der Waals surface area contributed by atoms with Crippen LogP contribution in [0, 0.1) is 0 Å². The first-order valence-electron chi connectivity index (χ1n) is 2.92. The number of morpholine rings is 1. The van der Waals surface area contributed by atoms with Crippen LogP contribution in [0.3, 0.4) is 0 Å². The molecule has 0 saturated carbocycles. The summed E-state index contributed by atoms with van der Waals surface area (Å²) in [5.41, 5.74) is 4.96. The predicted molar refractivity (Wildman–Crippen MR) is 31.8 cm³/mol. The molecule has 0 aromatic carbocycles. The van der Waals surface area contributed by atoms with Crippen molar-refractivity contribution in [1.29, 1.82) is 0 Å². The van der Waals surface area contributed by atoms with Crippen molar-refractivity contribution in [3.05, 3.63) is 0 Å². The Bertz CT molecular complexity index is 110. The van der Waals surface area contributed by atoms with E-state index in [1.807, 2.05) is 0 Å². The molecule has 0 aromatic heterocycles. The zero-order valence-corrected chi connectivity index (χ0v) is 5.09. The Morgan fingerprint density at radius 3 is 2.89 bits per heavy atom. The fourth-order valence-electron chi connectivity index (χ4n) is 0.748. The zero-order valence-electron chi connectivity index (χ0n) is 5.09. The lowest BCUT2D eigenvalue weighted by Gasteiger charge is -2.20. The number of ether oxygens (including phenoxy) is 1. The molecule has 1 saturated heterocycles. The van der Waals surface area contributed by atoms with Crippen molar-refractivity contribution >= 4 is 5.91 Å². The van der Waals surface area contributed by atoms with Gasteiger partial charge in [-0.05, 0) is 0 Å². The van der Waals surface area contributed by atoms with E-state index in [-0.39, 0.29) is 5.91 Å². The van der Waals surface area contributed by atoms with Gasteiger partial charge >= 0.3 is 0 Å². The number of primary amides is 1. The SMILES string of the molecule is NC(=O)[C@H]1CNCCO1. The van der Waals surface area contributed by atoms with Crippen LogP contribution in [-0.2, 0) is 9.53 Å². The van der Waals surface area contributed by atoms with Crippen molar-refractivity contribution in [3.63, 3.8) is 0 Å². The summed E-state index contributed by atoms with van der Waals surface area (Å²) in [5.74, 6) is -0.387. The summed E-state index contributed by atoms with van der Waals surface area (Å²) in [6.07, 6.45) is -0.418. The van der Waals surface area contributed by atoms with E-state index in [0.717, 1.165) is 6.54 Å². The second-order valence-corrected chi connectivity index (χ2v) is 1.97. The van der Waals surface area contributed by atoms with E-state index in [9.17, 15) is 4.79 Å². The van der Waals surface area contributed by atoms with Crippen LogP contribution in [0.5, 0.6) is 0 Å². The van der Waals surface area contributed by atoms with Crippen LogP contribution in [-0.4, -0.2) is 31.7 Å². The molecule has 1 aliphatic heterocycles. The molecule has 4 heteroatoms. The first-order chi connectivity index (χ1) is 4.30. The Kier molecular flexibility index (Phi) is 2.02. The third-order valence-corrected chi connectivity index (χ3v) is 1.24. The highest BCUT2D eigenvalue weighted by atomic mass is 16.5. The van der Waals surface area contributed by atoms with Gasteiger partial charge in [0.25, 0.3) is 0 Å².